The van der Waals surface area contributed by atoms with Crippen LogP contribution in [0.4, 0.5) is 14.5 Å². The summed E-state index contributed by atoms with van der Waals surface area (Å²) in [6.07, 6.45) is 3.94. The summed E-state index contributed by atoms with van der Waals surface area (Å²) >= 11 is 0. The molecule has 0 radical (unpaired) electrons. The highest BCUT2D eigenvalue weighted by Crippen LogP contribution is 2.51. The van der Waals surface area contributed by atoms with Gasteiger partial charge >= 0.3 is 0 Å². The molecular formula is C24H26F2N4O5S. The van der Waals surface area contributed by atoms with Crippen LogP contribution in [0.3, 0.4) is 0 Å². The number of halogens is 2. The van der Waals surface area contributed by atoms with Gasteiger partial charge in [-0.1, -0.05) is 6.92 Å². The number of amides is 2. The number of hydrogen-bond acceptors (Lipinski definition) is 6. The number of methoxy groups -OCH3 is 1. The van der Waals surface area contributed by atoms with Crippen molar-refractivity contribution in [3.8, 4) is 5.88 Å². The van der Waals surface area contributed by atoms with Crippen molar-refractivity contribution in [3.63, 3.8) is 0 Å². The summed E-state index contributed by atoms with van der Waals surface area (Å²) in [5.41, 5.74) is 0.264. The predicted molar refractivity (Wildman–Crippen MR) is 131 cm³/mol. The van der Waals surface area contributed by atoms with Gasteiger partial charge in [0.2, 0.25) is 11.6 Å². The third-order valence-electron chi connectivity index (χ3n) is 6.17. The van der Waals surface area contributed by atoms with Gasteiger partial charge in [0.05, 0.1) is 23.8 Å². The molecule has 3 aromatic rings. The van der Waals surface area contributed by atoms with Gasteiger partial charge in [0.15, 0.2) is 0 Å². The van der Waals surface area contributed by atoms with Crippen LogP contribution in [0.25, 0.3) is 0 Å². The zero-order valence-corrected chi connectivity index (χ0v) is 21.0. The first kappa shape index (κ1) is 25.4. The van der Waals surface area contributed by atoms with E-state index in [2.05, 4.69) is 15.5 Å². The maximum atomic E-state index is 14.9. The number of rotatable bonds is 6. The molecular weight excluding hydrogens is 494 g/mol. The van der Waals surface area contributed by atoms with Gasteiger partial charge in [-0.25, -0.2) is 23.8 Å². The Hall–Kier alpha value is -3.67. The number of aromatic nitrogens is 2. The van der Waals surface area contributed by atoms with Crippen molar-refractivity contribution < 1.29 is 27.6 Å². The average molecular weight is 521 g/mol. The predicted octanol–water partition coefficient (Wildman–Crippen LogP) is 3.47. The van der Waals surface area contributed by atoms with Crippen LogP contribution in [0.5, 0.6) is 5.88 Å². The molecule has 0 bridgehead atoms. The Bertz CT molecular complexity index is 1360. The lowest BCUT2D eigenvalue weighted by molar-refractivity contribution is -0.121. The number of anilines is 1. The maximum Gasteiger partial charge on any atom is 0.293 e. The molecule has 192 valence electrons. The number of benzene rings is 1. The Labute approximate surface area is 207 Å². The molecule has 0 aliphatic carbocycles. The van der Waals surface area contributed by atoms with Gasteiger partial charge in [-0.2, -0.15) is 5.16 Å². The van der Waals surface area contributed by atoms with E-state index in [1.54, 1.807) is 12.1 Å². The molecule has 0 saturated heterocycles. The lowest BCUT2D eigenvalue weighted by Crippen LogP contribution is -2.45. The molecule has 4 rings (SSSR count). The summed E-state index contributed by atoms with van der Waals surface area (Å²) < 4.78 is 40.0. The fourth-order valence-electron chi connectivity index (χ4n) is 4.13. The Kier molecular flexibility index (Phi) is 6.90. The van der Waals surface area contributed by atoms with Crippen LogP contribution in [0, 0.1) is 11.6 Å². The van der Waals surface area contributed by atoms with Crippen molar-refractivity contribution in [1.82, 2.24) is 15.0 Å². The molecule has 0 unspecified atom stereocenters. The van der Waals surface area contributed by atoms with E-state index in [1.807, 2.05) is 19.4 Å². The van der Waals surface area contributed by atoms with E-state index in [-0.39, 0.29) is 22.9 Å². The molecule has 1 aliphatic rings. The normalized spacial score (nSPS) is 15.8. The SMILES string of the molecule is CCS(C)(C)c1c(F)cc(NC(=O)[C@@H]2c3ccc(OC)nc3CCN2C(=O)c2cc(=O)[nH]o2)cc1F. The molecule has 0 fully saturated rings. The van der Waals surface area contributed by atoms with Gasteiger partial charge in [-0.15, -0.1) is 0 Å². The number of aromatic amines is 1. The zero-order chi connectivity index (χ0) is 26.2. The van der Waals surface area contributed by atoms with Crippen molar-refractivity contribution in [2.75, 3.05) is 37.2 Å². The van der Waals surface area contributed by atoms with Crippen molar-refractivity contribution >= 4 is 27.5 Å². The van der Waals surface area contributed by atoms with E-state index in [0.29, 0.717) is 29.3 Å². The third kappa shape index (κ3) is 4.72. The number of carbonyl (C=O) groups excluding carboxylic acids is 2. The molecule has 2 N–H and O–H groups in total. The first-order chi connectivity index (χ1) is 17.1. The number of H-pyrrole nitrogens is 1. The second-order valence-electron chi connectivity index (χ2n) is 8.70. The molecule has 1 aromatic carbocycles. The topological polar surface area (TPSA) is 118 Å². The monoisotopic (exact) mass is 520 g/mol. The summed E-state index contributed by atoms with van der Waals surface area (Å²) in [7, 11) is -0.237. The van der Waals surface area contributed by atoms with Gasteiger partial charge in [-0.05, 0) is 36.5 Å². The minimum absolute atomic E-state index is 0.0154. The number of hydrogen-bond donors (Lipinski definition) is 2. The minimum atomic E-state index is -1.70. The largest absolute Gasteiger partial charge is 0.481 e. The quantitative estimate of drug-likeness (QED) is 0.514. The van der Waals surface area contributed by atoms with E-state index >= 15 is 0 Å². The van der Waals surface area contributed by atoms with Crippen molar-refractivity contribution in [3.05, 3.63) is 69.3 Å². The minimum Gasteiger partial charge on any atom is -0.481 e. The van der Waals surface area contributed by atoms with Crippen LogP contribution < -0.4 is 15.6 Å². The molecule has 9 nitrogen and oxygen atoms in total. The van der Waals surface area contributed by atoms with Crippen molar-refractivity contribution in [1.29, 1.82) is 0 Å². The Morgan fingerprint density at radius 3 is 2.53 bits per heavy atom. The van der Waals surface area contributed by atoms with E-state index < -0.39 is 45.1 Å². The summed E-state index contributed by atoms with van der Waals surface area (Å²) in [6.45, 7) is 1.94. The zero-order valence-electron chi connectivity index (χ0n) is 20.2. The van der Waals surface area contributed by atoms with Crippen LogP contribution >= 0.6 is 10.0 Å². The molecule has 3 heterocycles. The Morgan fingerprint density at radius 2 is 1.94 bits per heavy atom. The van der Waals surface area contributed by atoms with Crippen molar-refractivity contribution in [2.24, 2.45) is 0 Å². The van der Waals surface area contributed by atoms with Gasteiger partial charge in [0.25, 0.3) is 17.4 Å². The molecule has 36 heavy (non-hydrogen) atoms. The number of carbonyl (C=O) groups is 2. The smallest absolute Gasteiger partial charge is 0.293 e. The van der Waals surface area contributed by atoms with Crippen LogP contribution in [-0.2, 0) is 11.2 Å². The highest BCUT2D eigenvalue weighted by Gasteiger charge is 2.38. The molecule has 2 aromatic heterocycles. The second kappa shape index (κ2) is 9.76. The van der Waals surface area contributed by atoms with Crippen LogP contribution in [0.15, 0.2) is 44.5 Å². The number of nitrogens with one attached hydrogen (secondary N) is 2. The summed E-state index contributed by atoms with van der Waals surface area (Å²) in [6, 6.07) is 5.09. The van der Waals surface area contributed by atoms with E-state index in [4.69, 9.17) is 9.26 Å². The average Bonchev–Trinajstić information content (AvgIpc) is 3.27. The fraction of sp³-hybridized carbons (Fsp3) is 0.333. The van der Waals surface area contributed by atoms with Gasteiger partial charge in [0, 0.05) is 30.3 Å². The first-order valence-corrected chi connectivity index (χ1v) is 13.7. The number of ether oxygens (including phenoxy) is 1. The van der Waals surface area contributed by atoms with Crippen LogP contribution in [0.1, 0.15) is 34.8 Å². The summed E-state index contributed by atoms with van der Waals surface area (Å²) in [5.74, 6) is -2.24. The number of fused-ring (bicyclic) bond motifs is 1. The third-order valence-corrected chi connectivity index (χ3v) is 9.11. The first-order valence-electron chi connectivity index (χ1n) is 11.1. The molecule has 0 spiro atoms. The fourth-order valence-corrected chi connectivity index (χ4v) is 5.59. The molecule has 1 atom stereocenters. The molecule has 1 aliphatic heterocycles. The van der Waals surface area contributed by atoms with E-state index in [0.717, 1.165) is 18.2 Å². The Balaban J connectivity index is 1.72. The lowest BCUT2D eigenvalue weighted by Gasteiger charge is -2.35. The van der Waals surface area contributed by atoms with E-state index in [1.165, 1.54) is 12.0 Å². The van der Waals surface area contributed by atoms with Gasteiger partial charge in [0.1, 0.15) is 17.7 Å². The van der Waals surface area contributed by atoms with Gasteiger partial charge < -0.3 is 19.5 Å². The van der Waals surface area contributed by atoms with Gasteiger partial charge in [-0.3, -0.25) is 14.4 Å². The summed E-state index contributed by atoms with van der Waals surface area (Å²) in [4.78, 5) is 43.7. The number of nitrogens with zero attached hydrogens (tertiary/aromatic N) is 2. The lowest BCUT2D eigenvalue weighted by atomic mass is 9.95. The highest BCUT2D eigenvalue weighted by molar-refractivity contribution is 8.32. The Morgan fingerprint density at radius 1 is 1.25 bits per heavy atom. The second-order valence-corrected chi connectivity index (χ2v) is 12.8. The maximum absolute atomic E-state index is 14.9. The number of pyridine rings is 1. The molecule has 12 heteroatoms. The molecule has 2 amide bonds. The standard InChI is InChI=1S/C24H26F2N4O5S/c1-5-36(3,4)22-15(25)10-13(11-16(22)26)27-23(32)21-14-6-7-20(34-2)28-17(14)8-9-30(21)24(33)18-12-19(31)29-35-18/h6-7,10-12,21H,5,8-9H2,1-4H3,(H,27,32)(H,29,31)/t21-/m0/s1. The van der Waals surface area contributed by atoms with Crippen LogP contribution in [0.2, 0.25) is 0 Å². The summed E-state index contributed by atoms with van der Waals surface area (Å²) in [5, 5.41) is 4.59. The van der Waals surface area contributed by atoms with Crippen molar-refractivity contribution in [2.45, 2.75) is 24.3 Å². The van der Waals surface area contributed by atoms with Crippen LogP contribution in [-0.4, -0.2) is 58.8 Å². The molecule has 0 saturated carbocycles. The van der Waals surface area contributed by atoms with E-state index in [9.17, 15) is 23.2 Å². The highest BCUT2D eigenvalue weighted by atomic mass is 32.3.